The van der Waals surface area contributed by atoms with Crippen LogP contribution in [0.3, 0.4) is 0 Å². The number of amides is 1. The molecule has 0 spiro atoms. The van der Waals surface area contributed by atoms with Gasteiger partial charge in [-0.05, 0) is 56.7 Å². The number of rotatable bonds is 9. The molecule has 0 aromatic carbocycles. The fourth-order valence-corrected chi connectivity index (χ4v) is 5.83. The molecule has 1 amide bonds. The molecule has 3 aromatic heterocycles. The highest BCUT2D eigenvalue weighted by Gasteiger charge is 2.27. The van der Waals surface area contributed by atoms with E-state index in [1.54, 1.807) is 13.2 Å². The first-order valence-electron chi connectivity index (χ1n) is 10.8. The molecular weight excluding hydrogens is 448 g/mol. The molecule has 8 nitrogen and oxygen atoms in total. The summed E-state index contributed by atoms with van der Waals surface area (Å²) in [5.74, 6) is 0.899. The van der Waals surface area contributed by atoms with Crippen LogP contribution < -0.4 is 5.32 Å². The Hall–Kier alpha value is -2.59. The number of hydrogen-bond donors (Lipinski definition) is 1. The van der Waals surface area contributed by atoms with Crippen LogP contribution in [0.5, 0.6) is 0 Å². The average molecular weight is 475 g/mol. The van der Waals surface area contributed by atoms with Crippen LogP contribution in [0, 0.1) is 0 Å². The van der Waals surface area contributed by atoms with Crippen LogP contribution in [-0.2, 0) is 28.9 Å². The highest BCUT2D eigenvalue weighted by molar-refractivity contribution is 7.99. The van der Waals surface area contributed by atoms with Crippen LogP contribution in [0.1, 0.15) is 53.9 Å². The first-order chi connectivity index (χ1) is 15.6. The van der Waals surface area contributed by atoms with E-state index in [0.717, 1.165) is 44.2 Å². The summed E-state index contributed by atoms with van der Waals surface area (Å²) in [6.07, 6.45) is 6.43. The summed E-state index contributed by atoms with van der Waals surface area (Å²) in [5, 5.41) is 12.7. The predicted octanol–water partition coefficient (Wildman–Crippen LogP) is 4.80. The Morgan fingerprint density at radius 3 is 2.88 bits per heavy atom. The van der Waals surface area contributed by atoms with E-state index in [2.05, 4.69) is 22.4 Å². The zero-order valence-corrected chi connectivity index (χ0v) is 19.8. The number of carbonyl (C=O) groups is 2. The lowest BCUT2D eigenvalue weighted by molar-refractivity contribution is -0.113. The molecule has 0 saturated carbocycles. The number of nitrogens with zero attached hydrogens (tertiary/aromatic N) is 3. The highest BCUT2D eigenvalue weighted by Crippen LogP contribution is 2.38. The van der Waals surface area contributed by atoms with E-state index in [4.69, 9.17) is 9.15 Å². The number of esters is 1. The second-order valence-corrected chi connectivity index (χ2v) is 9.46. The molecule has 1 aliphatic carbocycles. The van der Waals surface area contributed by atoms with Crippen molar-refractivity contribution in [3.05, 3.63) is 34.4 Å². The molecule has 0 atom stereocenters. The molecule has 0 bridgehead atoms. The number of nitrogens with one attached hydrogen (secondary N) is 1. The van der Waals surface area contributed by atoms with Gasteiger partial charge in [0, 0.05) is 11.4 Å². The van der Waals surface area contributed by atoms with E-state index >= 15 is 0 Å². The Kier molecular flexibility index (Phi) is 7.31. The van der Waals surface area contributed by atoms with Gasteiger partial charge in [-0.2, -0.15) is 0 Å². The quantitative estimate of drug-likeness (QED) is 0.351. The van der Waals surface area contributed by atoms with Crippen LogP contribution in [0.2, 0.25) is 0 Å². The zero-order chi connectivity index (χ0) is 22.5. The molecule has 4 rings (SSSR count). The van der Waals surface area contributed by atoms with Gasteiger partial charge in [-0.25, -0.2) is 4.79 Å². The van der Waals surface area contributed by atoms with Crippen molar-refractivity contribution in [2.75, 3.05) is 17.7 Å². The molecule has 3 aromatic rings. The minimum absolute atomic E-state index is 0.158. The van der Waals surface area contributed by atoms with Gasteiger partial charge in [0.25, 0.3) is 0 Å². The van der Waals surface area contributed by atoms with Crippen LogP contribution in [0.4, 0.5) is 5.00 Å². The van der Waals surface area contributed by atoms with Gasteiger partial charge in [0.05, 0.1) is 24.2 Å². The molecule has 0 saturated heterocycles. The summed E-state index contributed by atoms with van der Waals surface area (Å²) in [5.41, 5.74) is 1.56. The Bertz CT molecular complexity index is 1090. The second-order valence-electron chi connectivity index (χ2n) is 7.41. The lowest BCUT2D eigenvalue weighted by Gasteiger charge is -2.12. The third kappa shape index (κ3) is 4.75. The summed E-state index contributed by atoms with van der Waals surface area (Å²) in [6, 6.07) is 3.65. The number of thioether (sulfide) groups is 1. The maximum atomic E-state index is 12.8. The van der Waals surface area contributed by atoms with Crippen molar-refractivity contribution >= 4 is 40.0 Å². The number of aromatic nitrogens is 3. The number of ether oxygens (including phenoxy) is 1. The van der Waals surface area contributed by atoms with Crippen LogP contribution in [-0.4, -0.2) is 39.0 Å². The molecule has 1 aliphatic rings. The third-order valence-electron chi connectivity index (χ3n) is 5.14. The van der Waals surface area contributed by atoms with E-state index in [9.17, 15) is 9.59 Å². The largest absolute Gasteiger partial charge is 0.462 e. The van der Waals surface area contributed by atoms with Crippen molar-refractivity contribution in [1.29, 1.82) is 0 Å². The van der Waals surface area contributed by atoms with Gasteiger partial charge in [0.15, 0.2) is 16.7 Å². The van der Waals surface area contributed by atoms with Crippen LogP contribution >= 0.6 is 23.1 Å². The van der Waals surface area contributed by atoms with Gasteiger partial charge < -0.3 is 14.5 Å². The smallest absolute Gasteiger partial charge is 0.341 e. The van der Waals surface area contributed by atoms with Crippen molar-refractivity contribution in [3.63, 3.8) is 0 Å². The fraction of sp³-hybridized carbons (Fsp3) is 0.455. The SMILES string of the molecule is CCCn1c(SCC(=O)Nc2sc3c(c2C(=O)OCC)CCCC3)nnc1-c1ccco1. The van der Waals surface area contributed by atoms with Crippen molar-refractivity contribution in [2.45, 2.75) is 57.7 Å². The number of hydrogen-bond acceptors (Lipinski definition) is 8. The maximum absolute atomic E-state index is 12.8. The summed E-state index contributed by atoms with van der Waals surface area (Å²) < 4.78 is 12.7. The first kappa shape index (κ1) is 22.6. The van der Waals surface area contributed by atoms with Gasteiger partial charge >= 0.3 is 5.97 Å². The summed E-state index contributed by atoms with van der Waals surface area (Å²) in [6.45, 7) is 4.88. The lowest BCUT2D eigenvalue weighted by Crippen LogP contribution is -2.17. The van der Waals surface area contributed by atoms with Gasteiger partial charge in [-0.15, -0.1) is 21.5 Å². The Labute approximate surface area is 194 Å². The van der Waals surface area contributed by atoms with Crippen LogP contribution in [0.15, 0.2) is 28.0 Å². The molecular formula is C22H26N4O4S2. The molecule has 32 heavy (non-hydrogen) atoms. The molecule has 0 unspecified atom stereocenters. The third-order valence-corrected chi connectivity index (χ3v) is 7.32. The number of carbonyl (C=O) groups excluding carboxylic acids is 2. The molecule has 170 valence electrons. The molecule has 0 fully saturated rings. The van der Waals surface area contributed by atoms with Crippen molar-refractivity contribution in [3.8, 4) is 11.6 Å². The van der Waals surface area contributed by atoms with Crippen molar-refractivity contribution in [1.82, 2.24) is 14.8 Å². The van der Waals surface area contributed by atoms with E-state index in [1.807, 2.05) is 16.7 Å². The monoisotopic (exact) mass is 474 g/mol. The zero-order valence-electron chi connectivity index (χ0n) is 18.2. The average Bonchev–Trinajstić information content (AvgIpc) is 3.51. The number of fused-ring (bicyclic) bond motifs is 1. The summed E-state index contributed by atoms with van der Waals surface area (Å²) in [4.78, 5) is 26.5. The molecule has 0 aliphatic heterocycles. The second kappa shape index (κ2) is 10.4. The number of aryl methyl sites for hydroxylation is 1. The standard InChI is InChI=1S/C22H26N4O4S2/c1-3-11-26-19(15-9-7-12-30-15)24-25-22(26)31-13-17(27)23-20-18(21(28)29-4-2)14-8-5-6-10-16(14)32-20/h7,9,12H,3-6,8,10-11,13H2,1-2H3,(H,23,27). The first-order valence-corrected chi connectivity index (χ1v) is 12.6. The fourth-order valence-electron chi connectivity index (χ4n) is 3.77. The highest BCUT2D eigenvalue weighted by atomic mass is 32.2. The summed E-state index contributed by atoms with van der Waals surface area (Å²) >= 11 is 2.81. The van der Waals surface area contributed by atoms with Gasteiger partial charge in [0.1, 0.15) is 5.00 Å². The lowest BCUT2D eigenvalue weighted by atomic mass is 9.95. The molecule has 3 heterocycles. The maximum Gasteiger partial charge on any atom is 0.341 e. The van der Waals surface area contributed by atoms with Gasteiger partial charge in [-0.1, -0.05) is 18.7 Å². The van der Waals surface area contributed by atoms with E-state index in [1.165, 1.54) is 28.0 Å². The van der Waals surface area contributed by atoms with E-state index in [-0.39, 0.29) is 17.6 Å². The Balaban J connectivity index is 1.48. The van der Waals surface area contributed by atoms with E-state index in [0.29, 0.717) is 33.9 Å². The number of thiophene rings is 1. The van der Waals surface area contributed by atoms with Crippen molar-refractivity contribution < 1.29 is 18.7 Å². The minimum atomic E-state index is -0.361. The Morgan fingerprint density at radius 1 is 1.28 bits per heavy atom. The molecule has 0 radical (unpaired) electrons. The topological polar surface area (TPSA) is 99.2 Å². The van der Waals surface area contributed by atoms with Gasteiger partial charge in [0.2, 0.25) is 5.91 Å². The summed E-state index contributed by atoms with van der Waals surface area (Å²) in [7, 11) is 0. The molecule has 10 heteroatoms. The van der Waals surface area contributed by atoms with Crippen molar-refractivity contribution in [2.24, 2.45) is 0 Å². The molecule has 1 N–H and O–H groups in total. The normalized spacial score (nSPS) is 13.1. The minimum Gasteiger partial charge on any atom is -0.462 e. The van der Waals surface area contributed by atoms with Gasteiger partial charge in [-0.3, -0.25) is 9.36 Å². The number of furan rings is 1. The number of anilines is 1. The van der Waals surface area contributed by atoms with E-state index < -0.39 is 0 Å². The Morgan fingerprint density at radius 2 is 2.12 bits per heavy atom. The predicted molar refractivity (Wildman–Crippen MR) is 124 cm³/mol. The van der Waals surface area contributed by atoms with Crippen LogP contribution in [0.25, 0.3) is 11.6 Å².